The number of hydrogen-bond acceptors (Lipinski definition) is 17. The van der Waals surface area contributed by atoms with Gasteiger partial charge in [0.15, 0.2) is 10.8 Å². The summed E-state index contributed by atoms with van der Waals surface area (Å²) in [5.41, 5.74) is -0.836. The molecule has 2 aromatic carbocycles. The zero-order chi connectivity index (χ0) is 41.4. The number of aromatic nitrogens is 1. The third-order valence-electron chi connectivity index (χ3n) is 7.48. The molecule has 57 heavy (non-hydrogen) atoms. The summed E-state index contributed by atoms with van der Waals surface area (Å²) in [6.45, 7) is 2.12. The summed E-state index contributed by atoms with van der Waals surface area (Å²) >= 11 is 2.71. The predicted octanol–water partition coefficient (Wildman–Crippen LogP) is 4.16. The van der Waals surface area contributed by atoms with Gasteiger partial charge in [-0.1, -0.05) is 23.5 Å². The first-order chi connectivity index (χ1) is 27.1. The van der Waals surface area contributed by atoms with Crippen LogP contribution in [-0.4, -0.2) is 85.1 Å². The van der Waals surface area contributed by atoms with Crippen molar-refractivity contribution in [1.82, 2.24) is 15.2 Å². The number of halogens is 3. The van der Waals surface area contributed by atoms with Crippen LogP contribution in [0.5, 0.6) is 0 Å². The molecule has 2 aliphatic heterocycles. The second-order valence-electron chi connectivity index (χ2n) is 11.2. The number of benzene rings is 2. The van der Waals surface area contributed by atoms with Crippen molar-refractivity contribution in [1.29, 1.82) is 0 Å². The third kappa shape index (κ3) is 10.3. The second-order valence-corrected chi connectivity index (χ2v) is 14.2. The van der Waals surface area contributed by atoms with Crippen LogP contribution in [0.4, 0.5) is 29.7 Å². The molecule has 1 unspecified atom stereocenters. The minimum atomic E-state index is -5.26. The molecular weight excluding hydrogens is 828 g/mol. The Bertz CT molecular complexity index is 2180. The maximum absolute atomic E-state index is 13.6. The van der Waals surface area contributed by atoms with E-state index in [0.717, 1.165) is 33.8 Å². The normalized spacial score (nSPS) is 16.4. The topological polar surface area (TPSA) is 252 Å². The maximum atomic E-state index is 13.6. The van der Waals surface area contributed by atoms with E-state index < -0.39 is 80.2 Å². The van der Waals surface area contributed by atoms with Crippen LogP contribution in [0.2, 0.25) is 0 Å². The Hall–Kier alpha value is -6.34. The Balaban J connectivity index is 1.29. The van der Waals surface area contributed by atoms with Crippen LogP contribution in [0.1, 0.15) is 16.8 Å². The van der Waals surface area contributed by atoms with Gasteiger partial charge in [-0.05, 0) is 40.8 Å². The van der Waals surface area contributed by atoms with E-state index in [1.54, 1.807) is 0 Å². The SMILES string of the molecule is C=CSC1=C(C(=O)OCc2ccc([N+](=O)[O-])cc2)N2C(=O)C(NC(=O)C(=NOCC(=O)OCc3ccc([N+](=O)[O-])cc3)c3csc(NC(=O)C(F)(F)F)n3)[C@@H]2SC1. The first kappa shape index (κ1) is 41.8. The molecule has 0 aliphatic carbocycles. The first-order valence-corrected chi connectivity index (χ1v) is 18.5. The number of rotatable bonds is 16. The molecule has 0 radical (unpaired) electrons. The molecular formula is C32H24F3N7O12S3. The highest BCUT2D eigenvalue weighted by Gasteiger charge is 2.55. The second kappa shape index (κ2) is 18.1. The van der Waals surface area contributed by atoms with Crippen LogP contribution < -0.4 is 10.6 Å². The van der Waals surface area contributed by atoms with Crippen molar-refractivity contribution in [3.63, 3.8) is 0 Å². The Morgan fingerprint density at radius 1 is 1.02 bits per heavy atom. The number of ether oxygens (including phenoxy) is 2. The fourth-order valence-corrected chi connectivity index (χ4v) is 7.65. The van der Waals surface area contributed by atoms with Gasteiger partial charge in [-0.3, -0.25) is 44.8 Å². The van der Waals surface area contributed by atoms with Crippen molar-refractivity contribution in [2.45, 2.75) is 30.8 Å². The third-order valence-corrected chi connectivity index (χ3v) is 10.5. The summed E-state index contributed by atoms with van der Waals surface area (Å²) in [6.07, 6.45) is -5.26. The van der Waals surface area contributed by atoms with Gasteiger partial charge < -0.3 is 19.6 Å². The number of alkyl halides is 3. The molecule has 2 N–H and O–H groups in total. The number of nitro groups is 2. The number of nitrogens with zero attached hydrogens (tertiary/aromatic N) is 5. The van der Waals surface area contributed by atoms with Gasteiger partial charge in [-0.2, -0.15) is 13.2 Å². The number of amides is 3. The number of anilines is 1. The Labute approximate surface area is 329 Å². The standard InChI is InChI=1S/C32H24F3N7O12S3/c1-2-55-21-15-56-28-24(27(45)40(28)25(21)29(46)53-12-17-5-9-19(10-6-17)42(50)51)37-26(44)23(20-14-57-31(36-20)38-30(47)32(33,34)35)39-54-13-22(43)52-11-16-3-7-18(8-4-16)41(48)49/h2-10,14,24,28H,1,11-13,15H2,(H,37,44)(H,36,38,47)/t24?,28-/m0/s1. The van der Waals surface area contributed by atoms with Crippen LogP contribution in [0, 0.1) is 20.2 Å². The molecule has 0 spiro atoms. The van der Waals surface area contributed by atoms with Crippen LogP contribution in [-0.2, 0) is 51.5 Å². The van der Waals surface area contributed by atoms with Gasteiger partial charge in [0.05, 0.1) is 9.85 Å². The number of non-ortho nitro benzene ring substituents is 2. The molecule has 1 aromatic heterocycles. The summed E-state index contributed by atoms with van der Waals surface area (Å²) < 4.78 is 49.0. The van der Waals surface area contributed by atoms with Gasteiger partial charge in [0, 0.05) is 40.3 Å². The predicted molar refractivity (Wildman–Crippen MR) is 195 cm³/mol. The lowest BCUT2D eigenvalue weighted by atomic mass is 10.0. The van der Waals surface area contributed by atoms with Crippen LogP contribution in [0.25, 0.3) is 0 Å². The van der Waals surface area contributed by atoms with Gasteiger partial charge in [-0.25, -0.2) is 14.6 Å². The number of nitrogens with one attached hydrogen (secondary N) is 2. The first-order valence-electron chi connectivity index (χ1n) is 15.7. The number of hydrogen-bond donors (Lipinski definition) is 2. The maximum Gasteiger partial charge on any atom is 0.471 e. The van der Waals surface area contributed by atoms with E-state index in [2.05, 4.69) is 22.0 Å². The average Bonchev–Trinajstić information content (AvgIpc) is 3.64. The van der Waals surface area contributed by atoms with Gasteiger partial charge in [0.1, 0.15) is 36.0 Å². The average molecular weight is 852 g/mol. The largest absolute Gasteiger partial charge is 0.471 e. The zero-order valence-electron chi connectivity index (χ0n) is 28.5. The lowest BCUT2D eigenvalue weighted by Crippen LogP contribution is -2.71. The van der Waals surface area contributed by atoms with E-state index in [0.29, 0.717) is 27.4 Å². The molecule has 1 saturated heterocycles. The zero-order valence-corrected chi connectivity index (χ0v) is 30.9. The molecule has 5 rings (SSSR count). The highest BCUT2D eigenvalue weighted by molar-refractivity contribution is 8.08. The molecule has 298 valence electrons. The fourth-order valence-electron chi connectivity index (χ4n) is 4.79. The molecule has 0 saturated carbocycles. The van der Waals surface area contributed by atoms with Crippen LogP contribution >= 0.6 is 34.9 Å². The lowest BCUT2D eigenvalue weighted by Gasteiger charge is -2.49. The number of β-lactam (4-membered cyclic amide) rings is 1. The van der Waals surface area contributed by atoms with E-state index in [9.17, 15) is 57.4 Å². The Morgan fingerprint density at radius 3 is 2.18 bits per heavy atom. The van der Waals surface area contributed by atoms with Crippen molar-refractivity contribution in [2.75, 3.05) is 17.7 Å². The van der Waals surface area contributed by atoms with E-state index in [-0.39, 0.29) is 36.0 Å². The molecule has 3 heterocycles. The van der Waals surface area contributed by atoms with Gasteiger partial charge in [-0.15, -0.1) is 23.1 Å². The van der Waals surface area contributed by atoms with Gasteiger partial charge >= 0.3 is 24.0 Å². The van der Waals surface area contributed by atoms with Crippen molar-refractivity contribution < 1.29 is 61.3 Å². The van der Waals surface area contributed by atoms with Crippen LogP contribution in [0.15, 0.2) is 81.7 Å². The Kier molecular flexibility index (Phi) is 13.3. The highest BCUT2D eigenvalue weighted by atomic mass is 32.2. The smallest absolute Gasteiger partial charge is 0.458 e. The quantitative estimate of drug-likeness (QED) is 0.0675. The molecule has 3 aromatic rings. The number of esters is 2. The van der Waals surface area contributed by atoms with Gasteiger partial charge in [0.25, 0.3) is 23.2 Å². The minimum Gasteiger partial charge on any atom is -0.458 e. The minimum absolute atomic E-state index is 0.130. The number of fused-ring (bicyclic) bond motifs is 1. The number of thiazole rings is 1. The van der Waals surface area contributed by atoms with E-state index in [4.69, 9.17) is 14.3 Å². The van der Waals surface area contributed by atoms with Crippen molar-refractivity contribution in [3.8, 4) is 0 Å². The molecule has 19 nitrogen and oxygen atoms in total. The number of oxime groups is 1. The summed E-state index contributed by atoms with van der Waals surface area (Å²) in [7, 11) is 0. The lowest BCUT2D eigenvalue weighted by molar-refractivity contribution is -0.385. The molecule has 1 fully saturated rings. The number of nitro benzene ring substituents is 2. The van der Waals surface area contributed by atoms with E-state index in [1.165, 1.54) is 59.3 Å². The van der Waals surface area contributed by atoms with E-state index >= 15 is 0 Å². The number of thioether (sulfide) groups is 2. The highest BCUT2D eigenvalue weighted by Crippen LogP contribution is 2.44. The van der Waals surface area contributed by atoms with Crippen molar-refractivity contribution in [2.24, 2.45) is 5.16 Å². The summed E-state index contributed by atoms with van der Waals surface area (Å²) in [5, 5.41) is 30.4. The van der Waals surface area contributed by atoms with Crippen LogP contribution in [0.3, 0.4) is 0 Å². The van der Waals surface area contributed by atoms with Gasteiger partial charge in [0.2, 0.25) is 6.61 Å². The molecule has 2 aliphatic rings. The van der Waals surface area contributed by atoms with Crippen molar-refractivity contribution in [3.05, 3.63) is 114 Å². The monoisotopic (exact) mass is 851 g/mol. The summed E-state index contributed by atoms with van der Waals surface area (Å²) in [6, 6.07) is 9.02. The summed E-state index contributed by atoms with van der Waals surface area (Å²) in [4.78, 5) is 95.1. The molecule has 25 heteroatoms. The Morgan fingerprint density at radius 2 is 1.61 bits per heavy atom. The summed E-state index contributed by atoms with van der Waals surface area (Å²) in [5.74, 6) is -6.02. The fraction of sp³-hybridized carbons (Fsp3) is 0.219. The molecule has 2 atom stereocenters. The van der Waals surface area contributed by atoms with E-state index in [1.807, 2.05) is 0 Å². The molecule has 0 bridgehead atoms. The number of carbonyl (C=O) groups is 5. The molecule has 3 amide bonds. The van der Waals surface area contributed by atoms with Crippen molar-refractivity contribution >= 4 is 86.7 Å². The number of carbonyl (C=O) groups excluding carboxylic acids is 5.